The van der Waals surface area contributed by atoms with Crippen molar-refractivity contribution in [3.8, 4) is 0 Å². The fraction of sp³-hybridized carbons (Fsp3) is 0.417. The van der Waals surface area contributed by atoms with Crippen molar-refractivity contribution >= 4 is 32.7 Å². The van der Waals surface area contributed by atoms with Crippen molar-refractivity contribution in [1.29, 1.82) is 0 Å². The Hall–Kier alpha value is -1.18. The number of imidazole rings is 1. The molecule has 0 aliphatic carbocycles. The molecular formula is C12H15ClFN3O2S. The van der Waals surface area contributed by atoms with Gasteiger partial charge in [-0.3, -0.25) is 0 Å². The number of halogens is 2. The fourth-order valence-electron chi connectivity index (χ4n) is 2.03. The second-order valence-corrected chi connectivity index (χ2v) is 6.60. The molecule has 1 aromatic carbocycles. The van der Waals surface area contributed by atoms with Crippen LogP contribution in [0.1, 0.15) is 5.82 Å². The molecule has 0 fully saturated rings. The van der Waals surface area contributed by atoms with E-state index in [-0.39, 0.29) is 12.1 Å². The Balaban J connectivity index is 2.34. The van der Waals surface area contributed by atoms with Crippen LogP contribution < -0.4 is 4.72 Å². The molecule has 0 aliphatic heterocycles. The van der Waals surface area contributed by atoms with Crippen LogP contribution in [0.25, 0.3) is 11.0 Å². The summed E-state index contributed by atoms with van der Waals surface area (Å²) in [5.74, 6) is 0.619. The first-order valence-electron chi connectivity index (χ1n) is 6.06. The molecule has 0 amide bonds. The van der Waals surface area contributed by atoms with Crippen molar-refractivity contribution in [3.05, 3.63) is 29.8 Å². The zero-order valence-corrected chi connectivity index (χ0v) is 12.5. The molecule has 0 radical (unpaired) electrons. The van der Waals surface area contributed by atoms with Crippen LogP contribution in [-0.2, 0) is 23.0 Å². The van der Waals surface area contributed by atoms with Crippen molar-refractivity contribution in [2.45, 2.75) is 13.0 Å². The molecule has 0 saturated heterocycles. The summed E-state index contributed by atoms with van der Waals surface area (Å²) in [5.41, 5.74) is 0.924. The molecule has 0 saturated carbocycles. The molecule has 0 bridgehead atoms. The third kappa shape index (κ3) is 3.47. The van der Waals surface area contributed by atoms with Crippen LogP contribution >= 0.6 is 11.6 Å². The zero-order chi connectivity index (χ0) is 14.8. The van der Waals surface area contributed by atoms with Gasteiger partial charge in [-0.05, 0) is 12.1 Å². The minimum Gasteiger partial charge on any atom is -0.327 e. The molecule has 0 unspecified atom stereocenters. The minimum absolute atomic E-state index is 0.218. The van der Waals surface area contributed by atoms with Crippen LogP contribution in [0, 0.1) is 5.82 Å². The quantitative estimate of drug-likeness (QED) is 0.821. The number of rotatable bonds is 6. The first-order chi connectivity index (χ1) is 9.42. The van der Waals surface area contributed by atoms with Gasteiger partial charge in [-0.15, -0.1) is 11.6 Å². The van der Waals surface area contributed by atoms with E-state index in [9.17, 15) is 12.8 Å². The number of alkyl halides is 1. The second-order valence-electron chi connectivity index (χ2n) is 4.39. The highest BCUT2D eigenvalue weighted by molar-refractivity contribution is 7.88. The van der Waals surface area contributed by atoms with Crippen molar-refractivity contribution in [2.24, 2.45) is 0 Å². The number of aryl methyl sites for hydroxylation is 1. The van der Waals surface area contributed by atoms with E-state index in [0.29, 0.717) is 30.2 Å². The van der Waals surface area contributed by atoms with Crippen LogP contribution in [0.4, 0.5) is 4.39 Å². The van der Waals surface area contributed by atoms with Gasteiger partial charge in [0.15, 0.2) is 5.82 Å². The summed E-state index contributed by atoms with van der Waals surface area (Å²) in [4.78, 5) is 4.24. The van der Waals surface area contributed by atoms with Gasteiger partial charge in [-0.2, -0.15) is 0 Å². The maximum atomic E-state index is 13.7. The predicted octanol–water partition coefficient (Wildman–Crippen LogP) is 1.51. The van der Waals surface area contributed by atoms with E-state index >= 15 is 0 Å². The standard InChI is InChI=1S/C12H15ClFN3O2S/c1-20(18,19)15-7-8-17-10-4-2-3-9(14)12(10)16-11(17)5-6-13/h2-4,15H,5-8H2,1H3. The summed E-state index contributed by atoms with van der Waals surface area (Å²) >= 11 is 5.72. The van der Waals surface area contributed by atoms with E-state index < -0.39 is 15.8 Å². The average molecular weight is 320 g/mol. The minimum atomic E-state index is -3.25. The lowest BCUT2D eigenvalue weighted by atomic mass is 10.3. The van der Waals surface area contributed by atoms with E-state index in [2.05, 4.69) is 9.71 Å². The van der Waals surface area contributed by atoms with Gasteiger partial charge >= 0.3 is 0 Å². The number of benzene rings is 1. The van der Waals surface area contributed by atoms with Crippen molar-refractivity contribution in [2.75, 3.05) is 18.7 Å². The molecule has 8 heteroatoms. The molecule has 110 valence electrons. The molecule has 0 atom stereocenters. The molecule has 2 aromatic rings. The number of nitrogens with one attached hydrogen (secondary N) is 1. The van der Waals surface area contributed by atoms with E-state index in [1.165, 1.54) is 6.07 Å². The average Bonchev–Trinajstić information content (AvgIpc) is 2.69. The van der Waals surface area contributed by atoms with Gasteiger partial charge in [-0.25, -0.2) is 22.5 Å². The summed E-state index contributed by atoms with van der Waals surface area (Å²) in [6, 6.07) is 4.70. The lowest BCUT2D eigenvalue weighted by Crippen LogP contribution is -2.26. The lowest BCUT2D eigenvalue weighted by molar-refractivity contribution is 0.577. The molecule has 5 nitrogen and oxygen atoms in total. The van der Waals surface area contributed by atoms with Gasteiger partial charge in [0.2, 0.25) is 10.0 Å². The molecule has 2 rings (SSSR count). The van der Waals surface area contributed by atoms with Gasteiger partial charge in [-0.1, -0.05) is 6.07 Å². The molecular weight excluding hydrogens is 305 g/mol. The fourth-order valence-corrected chi connectivity index (χ4v) is 2.66. The Morgan fingerprint density at radius 3 is 2.85 bits per heavy atom. The van der Waals surface area contributed by atoms with Gasteiger partial charge < -0.3 is 4.57 Å². The van der Waals surface area contributed by atoms with E-state index in [0.717, 1.165) is 6.26 Å². The Bertz CT molecular complexity index is 715. The first-order valence-corrected chi connectivity index (χ1v) is 8.49. The highest BCUT2D eigenvalue weighted by Gasteiger charge is 2.13. The molecule has 0 spiro atoms. The van der Waals surface area contributed by atoms with Crippen molar-refractivity contribution in [3.63, 3.8) is 0 Å². The Morgan fingerprint density at radius 2 is 2.20 bits per heavy atom. The summed E-state index contributed by atoms with van der Waals surface area (Å²) in [6.07, 6.45) is 1.59. The third-order valence-corrected chi connectivity index (χ3v) is 3.74. The summed E-state index contributed by atoms with van der Waals surface area (Å²) < 4.78 is 40.0. The SMILES string of the molecule is CS(=O)(=O)NCCn1c(CCCl)nc2c(F)cccc21. The summed E-state index contributed by atoms with van der Waals surface area (Å²) in [5, 5.41) is 0. The number of sulfonamides is 1. The number of para-hydroxylation sites is 1. The Labute approximate surface area is 121 Å². The highest BCUT2D eigenvalue weighted by atomic mass is 35.5. The number of aromatic nitrogens is 2. The monoisotopic (exact) mass is 319 g/mol. The second kappa shape index (κ2) is 6.07. The van der Waals surface area contributed by atoms with Crippen molar-refractivity contribution in [1.82, 2.24) is 14.3 Å². The molecule has 20 heavy (non-hydrogen) atoms. The largest absolute Gasteiger partial charge is 0.327 e. The number of hydrogen-bond acceptors (Lipinski definition) is 3. The maximum absolute atomic E-state index is 13.7. The number of hydrogen-bond donors (Lipinski definition) is 1. The molecule has 1 heterocycles. The summed E-state index contributed by atoms with van der Waals surface area (Å²) in [6.45, 7) is 0.593. The van der Waals surface area contributed by atoms with Crippen LogP contribution in [0.5, 0.6) is 0 Å². The Kier molecular flexibility index (Phi) is 4.62. The van der Waals surface area contributed by atoms with Crippen molar-refractivity contribution < 1.29 is 12.8 Å². The smallest absolute Gasteiger partial charge is 0.208 e. The van der Waals surface area contributed by atoms with Crippen LogP contribution in [0.2, 0.25) is 0 Å². The molecule has 0 aliphatic rings. The third-order valence-electron chi connectivity index (χ3n) is 2.83. The first kappa shape index (κ1) is 15.2. The van der Waals surface area contributed by atoms with Gasteiger partial charge in [0.1, 0.15) is 11.3 Å². The molecule has 1 N–H and O–H groups in total. The van der Waals surface area contributed by atoms with E-state index in [1.54, 1.807) is 16.7 Å². The van der Waals surface area contributed by atoms with Crippen LogP contribution in [0.15, 0.2) is 18.2 Å². The topological polar surface area (TPSA) is 64.0 Å². The number of nitrogens with zero attached hydrogens (tertiary/aromatic N) is 2. The van der Waals surface area contributed by atoms with Crippen LogP contribution in [0.3, 0.4) is 0 Å². The van der Waals surface area contributed by atoms with E-state index in [1.807, 2.05) is 0 Å². The normalized spacial score (nSPS) is 12.2. The molecule has 1 aromatic heterocycles. The highest BCUT2D eigenvalue weighted by Crippen LogP contribution is 2.19. The summed E-state index contributed by atoms with van der Waals surface area (Å²) in [7, 11) is -3.25. The predicted molar refractivity (Wildman–Crippen MR) is 77.0 cm³/mol. The lowest BCUT2D eigenvalue weighted by Gasteiger charge is -2.08. The van der Waals surface area contributed by atoms with E-state index in [4.69, 9.17) is 11.6 Å². The van der Waals surface area contributed by atoms with Gasteiger partial charge in [0.05, 0.1) is 11.8 Å². The number of fused-ring (bicyclic) bond motifs is 1. The zero-order valence-electron chi connectivity index (χ0n) is 10.9. The maximum Gasteiger partial charge on any atom is 0.208 e. The Morgan fingerprint density at radius 1 is 1.45 bits per heavy atom. The van der Waals surface area contributed by atoms with Crippen LogP contribution in [-0.4, -0.2) is 36.6 Å². The van der Waals surface area contributed by atoms with Gasteiger partial charge in [0, 0.05) is 25.4 Å². The van der Waals surface area contributed by atoms with Gasteiger partial charge in [0.25, 0.3) is 0 Å².